The SMILES string of the molecule is CC(C)C[C@H](NC(=O)CNC(=O)[C@H](CCCCN)NC(=O)[C@@H](N)CC(C)C)C(=O)N[C@@H](CC(N)=O)C(=O)O. The molecule has 0 bridgehead atoms. The minimum atomic E-state index is -1.55. The van der Waals surface area contributed by atoms with Crippen molar-refractivity contribution < 1.29 is 33.9 Å². The van der Waals surface area contributed by atoms with Crippen molar-refractivity contribution in [2.24, 2.45) is 29.0 Å². The first kappa shape index (κ1) is 34.7. The summed E-state index contributed by atoms with van der Waals surface area (Å²) in [6.07, 6.45) is 1.48. The zero-order chi connectivity index (χ0) is 29.4. The van der Waals surface area contributed by atoms with Crippen molar-refractivity contribution >= 4 is 35.5 Å². The molecule has 0 aliphatic rings. The van der Waals surface area contributed by atoms with Crippen molar-refractivity contribution in [3.63, 3.8) is 0 Å². The highest BCUT2D eigenvalue weighted by atomic mass is 16.4. The second kappa shape index (κ2) is 18.1. The van der Waals surface area contributed by atoms with E-state index in [1.54, 1.807) is 13.8 Å². The van der Waals surface area contributed by atoms with Gasteiger partial charge >= 0.3 is 5.97 Å². The topological polar surface area (TPSA) is 249 Å². The van der Waals surface area contributed by atoms with Crippen LogP contribution < -0.4 is 38.5 Å². The van der Waals surface area contributed by atoms with E-state index in [0.717, 1.165) is 0 Å². The molecule has 0 saturated heterocycles. The Hall–Kier alpha value is -3.26. The molecule has 14 nitrogen and oxygen atoms in total. The number of aliphatic carboxylic acids is 1. The number of amides is 5. The van der Waals surface area contributed by atoms with Crippen molar-refractivity contribution in [3.05, 3.63) is 0 Å². The molecule has 0 aliphatic carbocycles. The molecule has 0 spiro atoms. The zero-order valence-corrected chi connectivity index (χ0v) is 22.7. The van der Waals surface area contributed by atoms with Gasteiger partial charge in [-0.05, 0) is 50.5 Å². The van der Waals surface area contributed by atoms with E-state index in [-0.39, 0.29) is 18.3 Å². The molecule has 4 atom stereocenters. The number of rotatable bonds is 19. The molecule has 0 saturated carbocycles. The summed E-state index contributed by atoms with van der Waals surface area (Å²) >= 11 is 0. The van der Waals surface area contributed by atoms with Crippen LogP contribution >= 0.6 is 0 Å². The number of hydrogen-bond acceptors (Lipinski definition) is 8. The number of primary amides is 1. The quantitative estimate of drug-likeness (QED) is 0.0843. The lowest BCUT2D eigenvalue weighted by molar-refractivity contribution is -0.143. The van der Waals surface area contributed by atoms with Crippen LogP contribution in [0.3, 0.4) is 0 Å². The molecule has 0 aromatic carbocycles. The van der Waals surface area contributed by atoms with Gasteiger partial charge in [0.1, 0.15) is 18.1 Å². The third-order valence-electron chi connectivity index (χ3n) is 5.44. The largest absolute Gasteiger partial charge is 0.480 e. The molecule has 0 aromatic rings. The number of unbranched alkanes of at least 4 members (excludes halogenated alkanes) is 1. The summed E-state index contributed by atoms with van der Waals surface area (Å²) in [6.45, 7) is 7.35. The molecule has 0 radical (unpaired) electrons. The van der Waals surface area contributed by atoms with Crippen LogP contribution in [0.5, 0.6) is 0 Å². The van der Waals surface area contributed by atoms with E-state index in [9.17, 15) is 33.9 Å². The Bertz CT molecular complexity index is 820. The van der Waals surface area contributed by atoms with Gasteiger partial charge in [-0.15, -0.1) is 0 Å². The molecule has 0 aliphatic heterocycles. The normalized spacial score (nSPS) is 14.2. The summed E-state index contributed by atoms with van der Waals surface area (Å²) in [6, 6.07) is -4.39. The van der Waals surface area contributed by atoms with Crippen LogP contribution in [0.15, 0.2) is 0 Å². The van der Waals surface area contributed by atoms with E-state index in [0.29, 0.717) is 32.2 Å². The van der Waals surface area contributed by atoms with E-state index >= 15 is 0 Å². The van der Waals surface area contributed by atoms with Crippen LogP contribution in [-0.4, -0.2) is 77.9 Å². The fourth-order valence-corrected chi connectivity index (χ4v) is 3.57. The summed E-state index contributed by atoms with van der Waals surface area (Å²) in [5.41, 5.74) is 16.5. The van der Waals surface area contributed by atoms with Crippen LogP contribution in [0, 0.1) is 11.8 Å². The Morgan fingerprint density at radius 1 is 0.763 bits per heavy atom. The third kappa shape index (κ3) is 15.1. The average Bonchev–Trinajstić information content (AvgIpc) is 2.79. The number of carboxylic acids is 1. The predicted molar refractivity (Wildman–Crippen MR) is 140 cm³/mol. The van der Waals surface area contributed by atoms with Gasteiger partial charge in [-0.1, -0.05) is 27.7 Å². The number of carbonyl (C=O) groups excluding carboxylic acids is 5. The lowest BCUT2D eigenvalue weighted by Crippen LogP contribution is -2.55. The predicted octanol–water partition coefficient (Wildman–Crippen LogP) is -1.93. The molecule has 0 fully saturated rings. The van der Waals surface area contributed by atoms with Crippen LogP contribution in [0.2, 0.25) is 0 Å². The average molecular weight is 544 g/mol. The van der Waals surface area contributed by atoms with Crippen molar-refractivity contribution in [1.82, 2.24) is 21.3 Å². The number of nitrogens with two attached hydrogens (primary N) is 3. The monoisotopic (exact) mass is 543 g/mol. The molecular formula is C24H45N7O7. The molecule has 11 N–H and O–H groups in total. The van der Waals surface area contributed by atoms with E-state index in [2.05, 4.69) is 21.3 Å². The molecular weight excluding hydrogens is 498 g/mol. The second-order valence-electron chi connectivity index (χ2n) is 10.1. The molecule has 0 unspecified atom stereocenters. The summed E-state index contributed by atoms with van der Waals surface area (Å²) in [5.74, 6) is -4.83. The van der Waals surface area contributed by atoms with E-state index in [1.165, 1.54) is 0 Å². The Labute approximate surface area is 223 Å². The first-order valence-electron chi connectivity index (χ1n) is 12.8. The minimum absolute atomic E-state index is 0.0581. The lowest BCUT2D eigenvalue weighted by Gasteiger charge is -2.23. The van der Waals surface area contributed by atoms with E-state index in [4.69, 9.17) is 17.2 Å². The van der Waals surface area contributed by atoms with Gasteiger partial charge in [-0.3, -0.25) is 24.0 Å². The first-order valence-corrected chi connectivity index (χ1v) is 12.8. The van der Waals surface area contributed by atoms with Crippen molar-refractivity contribution in [1.29, 1.82) is 0 Å². The van der Waals surface area contributed by atoms with E-state index < -0.39 is 72.6 Å². The molecule has 218 valence electrons. The number of hydrogen-bond donors (Lipinski definition) is 8. The van der Waals surface area contributed by atoms with Crippen LogP contribution in [-0.2, 0) is 28.8 Å². The molecule has 5 amide bonds. The third-order valence-corrected chi connectivity index (χ3v) is 5.44. The maximum Gasteiger partial charge on any atom is 0.326 e. The van der Waals surface area contributed by atoms with Gasteiger partial charge in [0.25, 0.3) is 0 Å². The van der Waals surface area contributed by atoms with Gasteiger partial charge in [0.15, 0.2) is 0 Å². The lowest BCUT2D eigenvalue weighted by atomic mass is 10.0. The van der Waals surface area contributed by atoms with Crippen molar-refractivity contribution in [3.8, 4) is 0 Å². The Balaban J connectivity index is 5.24. The standard InChI is InChI=1S/C24H45N7O7/c1-13(2)9-15(26)21(34)30-16(7-5-6-8-25)22(35)28-12-20(33)29-17(10-14(3)4)23(36)31-18(24(37)38)11-19(27)32/h13-18H,5-12,25-26H2,1-4H3,(H2,27,32)(H,28,35)(H,29,33)(H,30,34)(H,31,36)(H,37,38)/t15-,16-,17-,18-/m0/s1. The summed E-state index contributed by atoms with van der Waals surface area (Å²) in [5, 5.41) is 19.0. The van der Waals surface area contributed by atoms with Crippen molar-refractivity contribution in [2.45, 2.75) is 90.4 Å². The maximum atomic E-state index is 12.8. The maximum absolute atomic E-state index is 12.8. The van der Waals surface area contributed by atoms with Crippen molar-refractivity contribution in [2.75, 3.05) is 13.1 Å². The summed E-state index contributed by atoms with van der Waals surface area (Å²) in [7, 11) is 0. The van der Waals surface area contributed by atoms with Crippen LogP contribution in [0.1, 0.15) is 66.2 Å². The van der Waals surface area contributed by atoms with Gasteiger partial charge in [0, 0.05) is 0 Å². The van der Waals surface area contributed by atoms with Gasteiger partial charge in [0.05, 0.1) is 19.0 Å². The molecule has 0 aromatic heterocycles. The van der Waals surface area contributed by atoms with Crippen LogP contribution in [0.25, 0.3) is 0 Å². The number of carbonyl (C=O) groups is 6. The molecule has 0 rings (SSSR count). The van der Waals surface area contributed by atoms with Gasteiger partial charge < -0.3 is 43.6 Å². The molecule has 38 heavy (non-hydrogen) atoms. The van der Waals surface area contributed by atoms with Gasteiger partial charge in [0.2, 0.25) is 29.5 Å². The Morgan fingerprint density at radius 3 is 1.84 bits per heavy atom. The molecule has 0 heterocycles. The number of carboxylic acid groups (broad SMARTS) is 1. The fraction of sp³-hybridized carbons (Fsp3) is 0.750. The fourth-order valence-electron chi connectivity index (χ4n) is 3.57. The Morgan fingerprint density at radius 2 is 1.34 bits per heavy atom. The summed E-state index contributed by atoms with van der Waals surface area (Å²) < 4.78 is 0. The first-order chi connectivity index (χ1) is 17.7. The Kier molecular flexibility index (Phi) is 16.5. The zero-order valence-electron chi connectivity index (χ0n) is 22.7. The second-order valence-corrected chi connectivity index (χ2v) is 10.1. The highest BCUT2D eigenvalue weighted by Crippen LogP contribution is 2.07. The van der Waals surface area contributed by atoms with E-state index in [1.807, 2.05) is 13.8 Å². The minimum Gasteiger partial charge on any atom is -0.480 e. The highest BCUT2D eigenvalue weighted by Gasteiger charge is 2.29. The number of nitrogens with one attached hydrogen (secondary N) is 4. The molecule has 14 heteroatoms. The van der Waals surface area contributed by atoms with Crippen LogP contribution in [0.4, 0.5) is 0 Å². The smallest absolute Gasteiger partial charge is 0.326 e. The van der Waals surface area contributed by atoms with Gasteiger partial charge in [-0.2, -0.15) is 0 Å². The van der Waals surface area contributed by atoms with Gasteiger partial charge in [-0.25, -0.2) is 4.79 Å². The highest BCUT2D eigenvalue weighted by molar-refractivity contribution is 5.94. The summed E-state index contributed by atoms with van der Waals surface area (Å²) in [4.78, 5) is 72.9.